The van der Waals surface area contributed by atoms with Crippen LogP contribution < -0.4 is 5.56 Å². The summed E-state index contributed by atoms with van der Waals surface area (Å²) in [6.45, 7) is 1.27. The van der Waals surface area contributed by atoms with Gasteiger partial charge in [0.1, 0.15) is 0 Å². The molecular formula is C18H19Cl2NO2. The highest BCUT2D eigenvalue weighted by atomic mass is 35.5. The highest BCUT2D eigenvalue weighted by Crippen LogP contribution is 2.34. The van der Waals surface area contributed by atoms with Crippen LogP contribution in [-0.4, -0.2) is 17.3 Å². The third-order valence-electron chi connectivity index (χ3n) is 4.34. The van der Waals surface area contributed by atoms with Gasteiger partial charge in [0.15, 0.2) is 0 Å². The van der Waals surface area contributed by atoms with Crippen molar-refractivity contribution in [3.05, 3.63) is 68.6 Å². The van der Waals surface area contributed by atoms with Crippen molar-refractivity contribution in [1.29, 1.82) is 0 Å². The van der Waals surface area contributed by atoms with E-state index in [1.54, 1.807) is 16.7 Å². The molecule has 2 aromatic rings. The molecule has 1 aliphatic heterocycles. The fourth-order valence-electron chi connectivity index (χ4n) is 3.11. The summed E-state index contributed by atoms with van der Waals surface area (Å²) >= 11 is 12.2. The molecule has 0 aliphatic carbocycles. The number of hydrogen-bond acceptors (Lipinski definition) is 2. The van der Waals surface area contributed by atoms with Crippen molar-refractivity contribution in [2.75, 3.05) is 6.61 Å². The molecular weight excluding hydrogens is 333 g/mol. The number of benzene rings is 1. The molecule has 1 fully saturated rings. The van der Waals surface area contributed by atoms with Crippen LogP contribution in [0.1, 0.15) is 30.7 Å². The summed E-state index contributed by atoms with van der Waals surface area (Å²) in [6.07, 6.45) is 4.92. The number of rotatable bonds is 3. The Balaban J connectivity index is 1.89. The van der Waals surface area contributed by atoms with E-state index >= 15 is 0 Å². The first-order chi connectivity index (χ1) is 11.1. The Morgan fingerprint density at radius 1 is 1.13 bits per heavy atom. The summed E-state index contributed by atoms with van der Waals surface area (Å²) in [4.78, 5) is 12.0. The van der Waals surface area contributed by atoms with Crippen molar-refractivity contribution in [2.24, 2.45) is 0 Å². The Bertz CT molecular complexity index is 729. The fourth-order valence-corrected chi connectivity index (χ4v) is 3.42. The molecule has 2 heterocycles. The lowest BCUT2D eigenvalue weighted by atomic mass is 9.89. The maximum Gasteiger partial charge on any atom is 0.250 e. The van der Waals surface area contributed by atoms with Crippen LogP contribution in [0.25, 0.3) is 0 Å². The lowest BCUT2D eigenvalue weighted by Crippen LogP contribution is -2.31. The van der Waals surface area contributed by atoms with E-state index in [1.165, 1.54) is 0 Å². The second kappa shape index (κ2) is 7.52. The zero-order chi connectivity index (χ0) is 16.2. The Morgan fingerprint density at radius 2 is 2.00 bits per heavy atom. The third kappa shape index (κ3) is 3.97. The Morgan fingerprint density at radius 3 is 2.78 bits per heavy atom. The smallest absolute Gasteiger partial charge is 0.250 e. The van der Waals surface area contributed by atoms with Crippen LogP contribution in [0.2, 0.25) is 10.0 Å². The van der Waals surface area contributed by atoms with Crippen LogP contribution in [0.5, 0.6) is 0 Å². The monoisotopic (exact) mass is 351 g/mol. The maximum atomic E-state index is 12.0. The third-order valence-corrected chi connectivity index (χ3v) is 5.08. The molecule has 3 nitrogen and oxygen atoms in total. The molecule has 0 radical (unpaired) electrons. The van der Waals surface area contributed by atoms with Gasteiger partial charge in [-0.15, -0.1) is 0 Å². The van der Waals surface area contributed by atoms with Gasteiger partial charge < -0.3 is 9.30 Å². The van der Waals surface area contributed by atoms with Crippen LogP contribution in [0, 0.1) is 0 Å². The molecule has 3 rings (SSSR count). The average molecular weight is 352 g/mol. The molecule has 5 heteroatoms. The van der Waals surface area contributed by atoms with Crippen molar-refractivity contribution in [3.8, 4) is 0 Å². The summed E-state index contributed by atoms with van der Waals surface area (Å²) in [6, 6.07) is 11.0. The minimum atomic E-state index is -0.0464. The topological polar surface area (TPSA) is 31.2 Å². The van der Waals surface area contributed by atoms with E-state index in [9.17, 15) is 4.79 Å². The van der Waals surface area contributed by atoms with Gasteiger partial charge in [-0.25, -0.2) is 0 Å². The van der Waals surface area contributed by atoms with Gasteiger partial charge >= 0.3 is 0 Å². The minimum Gasteiger partial charge on any atom is -0.376 e. The summed E-state index contributed by atoms with van der Waals surface area (Å²) in [7, 11) is 0. The molecule has 0 amide bonds. The first-order valence-corrected chi connectivity index (χ1v) is 8.63. The Kier molecular flexibility index (Phi) is 5.42. The summed E-state index contributed by atoms with van der Waals surface area (Å²) < 4.78 is 7.77. The average Bonchev–Trinajstić information content (AvgIpc) is 2.78. The maximum absolute atomic E-state index is 12.0. The van der Waals surface area contributed by atoms with Gasteiger partial charge in [0.25, 0.3) is 5.56 Å². The molecule has 0 spiro atoms. The van der Waals surface area contributed by atoms with Gasteiger partial charge in [0.2, 0.25) is 0 Å². The minimum absolute atomic E-state index is 0.00626. The molecule has 0 saturated carbocycles. The number of hydrogen-bond donors (Lipinski definition) is 0. The van der Waals surface area contributed by atoms with Gasteiger partial charge in [-0.1, -0.05) is 41.8 Å². The van der Waals surface area contributed by atoms with Crippen LogP contribution >= 0.6 is 23.2 Å². The standard InChI is InChI=1S/C18H19Cl2NO2/c19-15-8-7-13(11-16(15)20)14-5-2-4-10-23-17(14)12-21-9-3-1-6-18(21)22/h1,3,6-9,11,14,17H,2,4-5,10,12H2/t14-,17-/m0/s1. The highest BCUT2D eigenvalue weighted by molar-refractivity contribution is 6.42. The molecule has 23 heavy (non-hydrogen) atoms. The SMILES string of the molecule is O=c1ccccn1C[C@@H]1OCCCC[C@H]1c1ccc(Cl)c(Cl)c1. The Hall–Kier alpha value is -1.29. The predicted molar refractivity (Wildman–Crippen MR) is 93.5 cm³/mol. The molecule has 1 aromatic heterocycles. The highest BCUT2D eigenvalue weighted by Gasteiger charge is 2.27. The van der Waals surface area contributed by atoms with E-state index in [1.807, 2.05) is 30.5 Å². The molecule has 1 saturated heterocycles. The molecule has 0 bridgehead atoms. The van der Waals surface area contributed by atoms with E-state index in [0.717, 1.165) is 31.4 Å². The molecule has 0 N–H and O–H groups in total. The first-order valence-electron chi connectivity index (χ1n) is 7.87. The normalized spacial score (nSPS) is 21.8. The number of ether oxygens (including phenoxy) is 1. The number of aromatic nitrogens is 1. The van der Waals surface area contributed by atoms with Crippen molar-refractivity contribution >= 4 is 23.2 Å². The lowest BCUT2D eigenvalue weighted by Gasteiger charge is -2.26. The van der Waals surface area contributed by atoms with Gasteiger partial charge in [-0.3, -0.25) is 4.79 Å². The van der Waals surface area contributed by atoms with Crippen LogP contribution in [0.3, 0.4) is 0 Å². The second-order valence-electron chi connectivity index (χ2n) is 5.88. The summed E-state index contributed by atoms with van der Waals surface area (Å²) in [5.74, 6) is 0.208. The second-order valence-corrected chi connectivity index (χ2v) is 6.69. The fraction of sp³-hybridized carbons (Fsp3) is 0.389. The molecule has 0 unspecified atom stereocenters. The van der Waals surface area contributed by atoms with Crippen LogP contribution in [0.15, 0.2) is 47.4 Å². The number of halogens is 2. The van der Waals surface area contributed by atoms with Gasteiger partial charge in [0.05, 0.1) is 22.7 Å². The lowest BCUT2D eigenvalue weighted by molar-refractivity contribution is 0.0333. The Labute approximate surface area is 145 Å². The molecule has 1 aliphatic rings. The quantitative estimate of drug-likeness (QED) is 0.814. The van der Waals surface area contributed by atoms with E-state index < -0.39 is 0 Å². The van der Waals surface area contributed by atoms with E-state index in [-0.39, 0.29) is 17.6 Å². The summed E-state index contributed by atoms with van der Waals surface area (Å²) in [5, 5.41) is 1.12. The largest absolute Gasteiger partial charge is 0.376 e. The van der Waals surface area contributed by atoms with Gasteiger partial charge in [-0.05, 0) is 36.6 Å². The molecule has 122 valence electrons. The van der Waals surface area contributed by atoms with Crippen LogP contribution in [-0.2, 0) is 11.3 Å². The van der Waals surface area contributed by atoms with Gasteiger partial charge in [-0.2, -0.15) is 0 Å². The van der Waals surface area contributed by atoms with Crippen molar-refractivity contribution in [3.63, 3.8) is 0 Å². The zero-order valence-electron chi connectivity index (χ0n) is 12.8. The van der Waals surface area contributed by atoms with E-state index in [4.69, 9.17) is 27.9 Å². The van der Waals surface area contributed by atoms with Crippen molar-refractivity contribution in [1.82, 2.24) is 4.57 Å². The van der Waals surface area contributed by atoms with Crippen molar-refractivity contribution in [2.45, 2.75) is 37.8 Å². The zero-order valence-corrected chi connectivity index (χ0v) is 14.3. The van der Waals surface area contributed by atoms with E-state index in [2.05, 4.69) is 0 Å². The first kappa shape index (κ1) is 16.6. The molecule has 1 aromatic carbocycles. The predicted octanol–water partition coefficient (Wildman–Crippen LogP) is 4.51. The van der Waals surface area contributed by atoms with Crippen molar-refractivity contribution < 1.29 is 4.74 Å². The van der Waals surface area contributed by atoms with Crippen LogP contribution in [0.4, 0.5) is 0 Å². The summed E-state index contributed by atoms with van der Waals surface area (Å²) in [5.41, 5.74) is 1.11. The van der Waals surface area contributed by atoms with E-state index in [0.29, 0.717) is 16.6 Å². The molecule has 2 atom stereocenters. The number of pyridine rings is 1. The number of nitrogens with zero attached hydrogens (tertiary/aromatic N) is 1. The van der Waals surface area contributed by atoms with Gasteiger partial charge in [0, 0.05) is 24.8 Å².